The minimum absolute atomic E-state index is 0.0672. The van der Waals surface area contributed by atoms with Crippen LogP contribution in [0.1, 0.15) is 27.1 Å². The Morgan fingerprint density at radius 3 is 2.24 bits per heavy atom. The minimum Gasteiger partial charge on any atom is -0.493 e. The summed E-state index contributed by atoms with van der Waals surface area (Å²) >= 11 is 5.58. The van der Waals surface area contributed by atoms with Gasteiger partial charge < -0.3 is 14.2 Å². The molecular weight excluding hydrogens is 352 g/mol. The van der Waals surface area contributed by atoms with Gasteiger partial charge in [0.15, 0.2) is 11.5 Å². The van der Waals surface area contributed by atoms with Crippen LogP contribution in [0.2, 0.25) is 0 Å². The number of methoxy groups -OCH3 is 3. The third-order valence-electron chi connectivity index (χ3n) is 3.29. The van der Waals surface area contributed by atoms with E-state index < -0.39 is 0 Å². The molecule has 0 bridgehead atoms. The van der Waals surface area contributed by atoms with Crippen LogP contribution in [-0.4, -0.2) is 21.3 Å². The molecule has 2 aromatic rings. The molecule has 0 N–H and O–H groups in total. The quantitative estimate of drug-likeness (QED) is 0.682. The molecular formula is C16H19BrO3S. The molecule has 1 aromatic heterocycles. The van der Waals surface area contributed by atoms with Crippen molar-refractivity contribution in [2.75, 3.05) is 21.3 Å². The standard InChI is InChI=1S/C16H19BrO3S/c1-5-10-6-9-13(21-10)14(17)11-7-8-12(18-2)16(20-4)15(11)19-3/h6-9,14H,5H2,1-4H3. The Morgan fingerprint density at radius 1 is 1.00 bits per heavy atom. The van der Waals surface area contributed by atoms with E-state index in [0.29, 0.717) is 17.2 Å². The van der Waals surface area contributed by atoms with Gasteiger partial charge in [-0.2, -0.15) is 0 Å². The zero-order valence-electron chi connectivity index (χ0n) is 12.6. The molecule has 0 aliphatic heterocycles. The fourth-order valence-corrected chi connectivity index (χ4v) is 3.94. The number of halogens is 1. The molecule has 3 nitrogen and oxygen atoms in total. The van der Waals surface area contributed by atoms with E-state index in [1.54, 1.807) is 32.7 Å². The number of rotatable bonds is 6. The maximum absolute atomic E-state index is 5.56. The predicted molar refractivity (Wildman–Crippen MR) is 90.6 cm³/mol. The monoisotopic (exact) mass is 370 g/mol. The smallest absolute Gasteiger partial charge is 0.203 e. The van der Waals surface area contributed by atoms with Gasteiger partial charge in [-0.25, -0.2) is 0 Å². The Kier molecular flexibility index (Phi) is 5.53. The number of hydrogen-bond acceptors (Lipinski definition) is 4. The zero-order valence-corrected chi connectivity index (χ0v) is 15.0. The maximum Gasteiger partial charge on any atom is 0.203 e. The second-order valence-corrected chi connectivity index (χ2v) is 6.56. The number of ether oxygens (including phenoxy) is 3. The van der Waals surface area contributed by atoms with Crippen molar-refractivity contribution in [3.05, 3.63) is 39.6 Å². The highest BCUT2D eigenvalue weighted by molar-refractivity contribution is 9.09. The highest BCUT2D eigenvalue weighted by atomic mass is 79.9. The highest BCUT2D eigenvalue weighted by Gasteiger charge is 2.22. The van der Waals surface area contributed by atoms with Crippen LogP contribution >= 0.6 is 27.3 Å². The molecule has 21 heavy (non-hydrogen) atoms. The molecule has 0 fully saturated rings. The van der Waals surface area contributed by atoms with Gasteiger partial charge in [0.05, 0.1) is 26.2 Å². The van der Waals surface area contributed by atoms with E-state index in [9.17, 15) is 0 Å². The van der Waals surface area contributed by atoms with E-state index in [1.807, 2.05) is 12.1 Å². The first kappa shape index (κ1) is 16.2. The normalized spacial score (nSPS) is 12.0. The van der Waals surface area contributed by atoms with Crippen molar-refractivity contribution in [2.24, 2.45) is 0 Å². The molecule has 1 atom stereocenters. The number of alkyl halides is 1. The van der Waals surface area contributed by atoms with Gasteiger partial charge in [-0.3, -0.25) is 0 Å². The summed E-state index contributed by atoms with van der Waals surface area (Å²) in [6.45, 7) is 2.16. The molecule has 0 aliphatic carbocycles. The molecule has 1 unspecified atom stereocenters. The topological polar surface area (TPSA) is 27.7 Å². The summed E-state index contributed by atoms with van der Waals surface area (Å²) in [6.07, 6.45) is 1.05. The SMILES string of the molecule is CCc1ccc(C(Br)c2ccc(OC)c(OC)c2OC)s1. The first-order valence-corrected chi connectivity index (χ1v) is 8.41. The highest BCUT2D eigenvalue weighted by Crippen LogP contribution is 2.47. The number of aryl methyl sites for hydroxylation is 1. The van der Waals surface area contributed by atoms with E-state index in [4.69, 9.17) is 14.2 Å². The van der Waals surface area contributed by atoms with Crippen LogP contribution in [0, 0.1) is 0 Å². The van der Waals surface area contributed by atoms with Gasteiger partial charge >= 0.3 is 0 Å². The zero-order chi connectivity index (χ0) is 15.4. The summed E-state index contributed by atoms with van der Waals surface area (Å²) in [7, 11) is 4.88. The molecule has 1 heterocycles. The summed E-state index contributed by atoms with van der Waals surface area (Å²) in [5.41, 5.74) is 1.03. The lowest BCUT2D eigenvalue weighted by Gasteiger charge is -2.18. The van der Waals surface area contributed by atoms with Crippen LogP contribution in [-0.2, 0) is 6.42 Å². The molecule has 0 saturated heterocycles. The van der Waals surface area contributed by atoms with Gasteiger partial charge in [0.25, 0.3) is 0 Å². The largest absolute Gasteiger partial charge is 0.493 e. The van der Waals surface area contributed by atoms with Crippen molar-refractivity contribution < 1.29 is 14.2 Å². The van der Waals surface area contributed by atoms with Crippen molar-refractivity contribution in [3.8, 4) is 17.2 Å². The van der Waals surface area contributed by atoms with Crippen LogP contribution in [0.3, 0.4) is 0 Å². The van der Waals surface area contributed by atoms with Gasteiger partial charge in [0.2, 0.25) is 5.75 Å². The second kappa shape index (κ2) is 7.18. The summed E-state index contributed by atoms with van der Waals surface area (Å²) in [5, 5.41) is 0. The van der Waals surface area contributed by atoms with E-state index in [1.165, 1.54) is 9.75 Å². The Morgan fingerprint density at radius 2 is 1.71 bits per heavy atom. The Bertz CT molecular complexity index is 610. The molecule has 0 amide bonds. The van der Waals surface area contributed by atoms with Crippen LogP contribution in [0.4, 0.5) is 0 Å². The average Bonchev–Trinajstić information content (AvgIpc) is 3.01. The Balaban J connectivity index is 2.47. The first-order chi connectivity index (χ1) is 10.2. The Hall–Kier alpha value is -1.20. The van der Waals surface area contributed by atoms with Gasteiger partial charge in [-0.1, -0.05) is 22.9 Å². The van der Waals surface area contributed by atoms with E-state index >= 15 is 0 Å². The summed E-state index contributed by atoms with van der Waals surface area (Å²) in [6, 6.07) is 8.23. The third kappa shape index (κ3) is 3.19. The van der Waals surface area contributed by atoms with Crippen LogP contribution in [0.25, 0.3) is 0 Å². The van der Waals surface area contributed by atoms with Crippen LogP contribution < -0.4 is 14.2 Å². The number of hydrogen-bond donors (Lipinski definition) is 0. The van der Waals surface area contributed by atoms with Gasteiger partial charge in [0, 0.05) is 15.3 Å². The number of thiophene rings is 1. The second-order valence-electron chi connectivity index (χ2n) is 4.44. The molecule has 2 rings (SSSR count). The van der Waals surface area contributed by atoms with Crippen molar-refractivity contribution in [1.82, 2.24) is 0 Å². The Labute approximate surface area is 138 Å². The fourth-order valence-electron chi connectivity index (χ4n) is 2.20. The van der Waals surface area contributed by atoms with E-state index in [0.717, 1.165) is 12.0 Å². The summed E-state index contributed by atoms with van der Waals surface area (Å²) < 4.78 is 16.3. The van der Waals surface area contributed by atoms with Crippen molar-refractivity contribution in [1.29, 1.82) is 0 Å². The lowest BCUT2D eigenvalue weighted by Crippen LogP contribution is -2.00. The summed E-state index contributed by atoms with van der Waals surface area (Å²) in [4.78, 5) is 2.68. The van der Waals surface area contributed by atoms with Gasteiger partial charge in [-0.15, -0.1) is 11.3 Å². The van der Waals surface area contributed by atoms with Gasteiger partial charge in [0.1, 0.15) is 0 Å². The lowest BCUT2D eigenvalue weighted by atomic mass is 10.1. The van der Waals surface area contributed by atoms with Gasteiger partial charge in [-0.05, 0) is 30.7 Å². The minimum atomic E-state index is 0.0672. The average molecular weight is 371 g/mol. The summed E-state index contributed by atoms with van der Waals surface area (Å²) in [5.74, 6) is 1.98. The molecule has 114 valence electrons. The third-order valence-corrected chi connectivity index (χ3v) is 5.87. The molecule has 0 spiro atoms. The molecule has 0 aliphatic rings. The van der Waals surface area contributed by atoms with Crippen molar-refractivity contribution in [2.45, 2.75) is 18.2 Å². The fraction of sp³-hybridized carbons (Fsp3) is 0.375. The first-order valence-electron chi connectivity index (χ1n) is 6.67. The van der Waals surface area contributed by atoms with E-state index in [2.05, 4.69) is 35.0 Å². The van der Waals surface area contributed by atoms with Crippen molar-refractivity contribution in [3.63, 3.8) is 0 Å². The molecule has 5 heteroatoms. The van der Waals surface area contributed by atoms with Crippen LogP contribution in [0.15, 0.2) is 24.3 Å². The predicted octanol–water partition coefficient (Wildman–Crippen LogP) is 4.82. The van der Waals surface area contributed by atoms with Crippen LogP contribution in [0.5, 0.6) is 17.2 Å². The van der Waals surface area contributed by atoms with Crippen molar-refractivity contribution >= 4 is 27.3 Å². The lowest BCUT2D eigenvalue weighted by molar-refractivity contribution is 0.322. The maximum atomic E-state index is 5.56. The molecule has 1 aromatic carbocycles. The molecule has 0 saturated carbocycles. The number of benzene rings is 1. The van der Waals surface area contributed by atoms with E-state index in [-0.39, 0.29) is 4.83 Å². The molecule has 0 radical (unpaired) electrons.